The van der Waals surface area contributed by atoms with Crippen molar-refractivity contribution in [3.63, 3.8) is 0 Å². The van der Waals surface area contributed by atoms with E-state index in [-0.39, 0.29) is 5.91 Å². The molecule has 0 aliphatic heterocycles. The molecule has 0 aliphatic carbocycles. The first-order valence-electron chi connectivity index (χ1n) is 3.64. The number of carbonyl (C=O) groups is 1. The minimum atomic E-state index is -0.0522. The predicted molar refractivity (Wildman–Crippen MR) is 45.9 cm³/mol. The molecule has 0 aliphatic rings. The molecular weight excluding hydrogens is 154 g/mol. The smallest absolute Gasteiger partial charge is 0.257 e. The van der Waals surface area contributed by atoms with Crippen LogP contribution in [0.15, 0.2) is 35.7 Å². The van der Waals surface area contributed by atoms with E-state index in [4.69, 9.17) is 4.42 Å². The van der Waals surface area contributed by atoms with Crippen molar-refractivity contribution in [3.8, 4) is 0 Å². The Morgan fingerprint density at radius 3 is 3.08 bits per heavy atom. The second-order valence-electron chi connectivity index (χ2n) is 2.49. The molecule has 0 unspecified atom stereocenters. The van der Waals surface area contributed by atoms with Crippen LogP contribution in [0, 0.1) is 0 Å². The molecule has 3 nitrogen and oxygen atoms in total. The van der Waals surface area contributed by atoms with Gasteiger partial charge in [0.2, 0.25) is 0 Å². The Bertz CT molecular complexity index is 264. The molecule has 64 valence electrons. The van der Waals surface area contributed by atoms with Crippen LogP contribution in [-0.2, 0) is 0 Å². The molecule has 1 rings (SSSR count). The van der Waals surface area contributed by atoms with Gasteiger partial charge >= 0.3 is 0 Å². The quantitative estimate of drug-likeness (QED) is 0.636. The van der Waals surface area contributed by atoms with E-state index in [0.717, 1.165) is 0 Å². The maximum atomic E-state index is 11.4. The minimum absolute atomic E-state index is 0.0522. The molecule has 0 bridgehead atoms. The maximum absolute atomic E-state index is 11.4. The summed E-state index contributed by atoms with van der Waals surface area (Å²) >= 11 is 0. The van der Waals surface area contributed by atoms with Gasteiger partial charge in [-0.15, -0.1) is 6.58 Å². The molecule has 1 amide bonds. The van der Waals surface area contributed by atoms with E-state index in [1.807, 2.05) is 0 Å². The first-order chi connectivity index (χ1) is 5.75. The Labute approximate surface area is 71.3 Å². The van der Waals surface area contributed by atoms with Gasteiger partial charge in [0.15, 0.2) is 0 Å². The van der Waals surface area contributed by atoms with Gasteiger partial charge < -0.3 is 9.32 Å². The Morgan fingerprint density at radius 2 is 2.58 bits per heavy atom. The summed E-state index contributed by atoms with van der Waals surface area (Å²) in [7, 11) is 1.72. The van der Waals surface area contributed by atoms with Gasteiger partial charge in [-0.05, 0) is 6.07 Å². The summed E-state index contributed by atoms with van der Waals surface area (Å²) in [6.07, 6.45) is 4.59. The van der Waals surface area contributed by atoms with Crippen LogP contribution >= 0.6 is 0 Å². The van der Waals surface area contributed by atoms with E-state index in [1.54, 1.807) is 24.1 Å². The summed E-state index contributed by atoms with van der Waals surface area (Å²) in [5.74, 6) is -0.0522. The standard InChI is InChI=1S/C9H11NO2/c1-3-5-10(2)9(11)8-4-6-12-7-8/h3-4,6-7H,1,5H2,2H3. The number of rotatable bonds is 3. The zero-order chi connectivity index (χ0) is 8.97. The van der Waals surface area contributed by atoms with Gasteiger partial charge in [0.05, 0.1) is 11.8 Å². The molecule has 0 radical (unpaired) electrons. The number of amides is 1. The fraction of sp³-hybridized carbons (Fsp3) is 0.222. The molecule has 0 saturated carbocycles. The molecule has 0 spiro atoms. The second kappa shape index (κ2) is 3.76. The maximum Gasteiger partial charge on any atom is 0.257 e. The zero-order valence-corrected chi connectivity index (χ0v) is 6.99. The molecule has 0 fully saturated rings. The van der Waals surface area contributed by atoms with E-state index in [9.17, 15) is 4.79 Å². The first-order valence-corrected chi connectivity index (χ1v) is 3.64. The molecule has 3 heteroatoms. The molecule has 1 aromatic rings. The summed E-state index contributed by atoms with van der Waals surface area (Å²) in [5.41, 5.74) is 0.569. The van der Waals surface area contributed by atoms with Crippen LogP contribution in [0.4, 0.5) is 0 Å². The van der Waals surface area contributed by atoms with Crippen LogP contribution in [-0.4, -0.2) is 24.4 Å². The van der Waals surface area contributed by atoms with Crippen molar-refractivity contribution in [1.82, 2.24) is 4.90 Å². The number of likely N-dealkylation sites (N-methyl/N-ethyl adjacent to an activating group) is 1. The molecule has 1 aromatic heterocycles. The fourth-order valence-corrected chi connectivity index (χ4v) is 0.883. The highest BCUT2D eigenvalue weighted by Gasteiger charge is 2.10. The summed E-state index contributed by atoms with van der Waals surface area (Å²) in [5, 5.41) is 0. The average Bonchev–Trinajstić information content (AvgIpc) is 2.55. The third-order valence-electron chi connectivity index (χ3n) is 1.52. The van der Waals surface area contributed by atoms with Crippen molar-refractivity contribution < 1.29 is 9.21 Å². The first kappa shape index (κ1) is 8.59. The normalized spacial score (nSPS) is 9.42. The van der Waals surface area contributed by atoms with Crippen LogP contribution < -0.4 is 0 Å². The number of carbonyl (C=O) groups excluding carboxylic acids is 1. The third kappa shape index (κ3) is 1.75. The molecule has 0 aromatic carbocycles. The SMILES string of the molecule is C=CCN(C)C(=O)c1ccoc1. The van der Waals surface area contributed by atoms with Crippen LogP contribution in [0.2, 0.25) is 0 Å². The van der Waals surface area contributed by atoms with Gasteiger partial charge in [-0.3, -0.25) is 4.79 Å². The van der Waals surface area contributed by atoms with Gasteiger partial charge in [0, 0.05) is 13.6 Å². The highest BCUT2D eigenvalue weighted by molar-refractivity contribution is 5.93. The Hall–Kier alpha value is -1.51. The highest BCUT2D eigenvalue weighted by atomic mass is 16.3. The number of furan rings is 1. The summed E-state index contributed by atoms with van der Waals surface area (Å²) < 4.78 is 4.79. The lowest BCUT2D eigenvalue weighted by atomic mass is 10.3. The lowest BCUT2D eigenvalue weighted by Crippen LogP contribution is -2.26. The summed E-state index contributed by atoms with van der Waals surface area (Å²) in [4.78, 5) is 13.0. The van der Waals surface area contributed by atoms with Crippen molar-refractivity contribution in [2.75, 3.05) is 13.6 Å². The molecule has 12 heavy (non-hydrogen) atoms. The van der Waals surface area contributed by atoms with Gasteiger partial charge in [-0.2, -0.15) is 0 Å². The van der Waals surface area contributed by atoms with Crippen LogP contribution in [0.1, 0.15) is 10.4 Å². The fourth-order valence-electron chi connectivity index (χ4n) is 0.883. The van der Waals surface area contributed by atoms with Crippen molar-refractivity contribution in [2.45, 2.75) is 0 Å². The predicted octanol–water partition coefficient (Wildman–Crippen LogP) is 1.54. The van der Waals surface area contributed by atoms with E-state index < -0.39 is 0 Å². The number of hydrogen-bond acceptors (Lipinski definition) is 2. The zero-order valence-electron chi connectivity index (χ0n) is 6.99. The third-order valence-corrected chi connectivity index (χ3v) is 1.52. The van der Waals surface area contributed by atoms with E-state index >= 15 is 0 Å². The van der Waals surface area contributed by atoms with E-state index in [1.165, 1.54) is 12.5 Å². The molecule has 0 saturated heterocycles. The van der Waals surface area contributed by atoms with Gasteiger partial charge in [0.1, 0.15) is 6.26 Å². The molecule has 1 heterocycles. The monoisotopic (exact) mass is 165 g/mol. The second-order valence-corrected chi connectivity index (χ2v) is 2.49. The van der Waals surface area contributed by atoms with Crippen molar-refractivity contribution in [2.24, 2.45) is 0 Å². The van der Waals surface area contributed by atoms with Crippen molar-refractivity contribution in [3.05, 3.63) is 36.8 Å². The van der Waals surface area contributed by atoms with Crippen LogP contribution in [0.25, 0.3) is 0 Å². The highest BCUT2D eigenvalue weighted by Crippen LogP contribution is 2.03. The topological polar surface area (TPSA) is 33.5 Å². The van der Waals surface area contributed by atoms with Crippen LogP contribution in [0.3, 0.4) is 0 Å². The molecule has 0 N–H and O–H groups in total. The van der Waals surface area contributed by atoms with Gasteiger partial charge in [-0.1, -0.05) is 6.08 Å². The summed E-state index contributed by atoms with van der Waals surface area (Å²) in [6, 6.07) is 1.64. The molecule has 0 atom stereocenters. The van der Waals surface area contributed by atoms with Crippen LogP contribution in [0.5, 0.6) is 0 Å². The van der Waals surface area contributed by atoms with E-state index in [2.05, 4.69) is 6.58 Å². The largest absolute Gasteiger partial charge is 0.472 e. The Morgan fingerprint density at radius 1 is 1.83 bits per heavy atom. The summed E-state index contributed by atoms with van der Waals surface area (Å²) in [6.45, 7) is 4.09. The lowest BCUT2D eigenvalue weighted by molar-refractivity contribution is 0.0809. The number of hydrogen-bond donors (Lipinski definition) is 0. The van der Waals surface area contributed by atoms with Crippen molar-refractivity contribution >= 4 is 5.91 Å². The Balaban J connectivity index is 2.65. The average molecular weight is 165 g/mol. The molecular formula is C9H11NO2. The van der Waals surface area contributed by atoms with E-state index in [0.29, 0.717) is 12.1 Å². The van der Waals surface area contributed by atoms with Crippen molar-refractivity contribution in [1.29, 1.82) is 0 Å². The van der Waals surface area contributed by atoms with Gasteiger partial charge in [0.25, 0.3) is 5.91 Å². The number of nitrogens with zero attached hydrogens (tertiary/aromatic N) is 1. The lowest BCUT2D eigenvalue weighted by Gasteiger charge is -2.12. The Kier molecular flexibility index (Phi) is 2.69. The van der Waals surface area contributed by atoms with Gasteiger partial charge in [-0.25, -0.2) is 0 Å². The minimum Gasteiger partial charge on any atom is -0.472 e.